The van der Waals surface area contributed by atoms with Crippen molar-refractivity contribution >= 4 is 37.2 Å². The van der Waals surface area contributed by atoms with E-state index in [1.165, 1.54) is 24.3 Å². The summed E-state index contributed by atoms with van der Waals surface area (Å²) in [6.45, 7) is 0.550. The van der Waals surface area contributed by atoms with Crippen LogP contribution >= 0.6 is 19.4 Å². The number of phosphoric acid groups is 1. The number of amides is 2. The molecule has 0 heterocycles. The molecule has 0 radical (unpaired) electrons. The predicted molar refractivity (Wildman–Crippen MR) is 160 cm³/mol. The zero-order valence-electron chi connectivity index (χ0n) is 25.1. The number of benzene rings is 2. The van der Waals surface area contributed by atoms with Crippen LogP contribution in [0.2, 0.25) is 5.02 Å². The predicted octanol–water partition coefficient (Wildman–Crippen LogP) is 4.26. The molecule has 2 aromatic carbocycles. The normalized spacial score (nSPS) is 22.2. The lowest BCUT2D eigenvalue weighted by atomic mass is 9.59. The lowest BCUT2D eigenvalue weighted by Crippen LogP contribution is -2.71. The number of carbonyl (C=O) groups is 3. The Hall–Kier alpha value is -3.29. The van der Waals surface area contributed by atoms with E-state index in [1.54, 1.807) is 13.0 Å². The fourth-order valence-corrected chi connectivity index (χ4v) is 6.22. The minimum Gasteiger partial charge on any atom is -0.484 e. The molecule has 3 aliphatic rings. The van der Waals surface area contributed by atoms with Crippen LogP contribution in [0.1, 0.15) is 56.9 Å². The minimum absolute atomic E-state index is 0.0714. The molecule has 4 N–H and O–H groups in total. The molecule has 1 atom stereocenters. The fourth-order valence-electron chi connectivity index (χ4n) is 5.73. The van der Waals surface area contributed by atoms with Crippen LogP contribution in [-0.2, 0) is 28.2 Å². The van der Waals surface area contributed by atoms with Crippen LogP contribution in [0, 0.1) is 18.6 Å². The van der Waals surface area contributed by atoms with Crippen LogP contribution in [0.3, 0.4) is 0 Å². The Morgan fingerprint density at radius 1 is 0.935 bits per heavy atom. The maximum Gasteiger partial charge on any atom is 0.469 e. The first kappa shape index (κ1) is 35.6. The van der Waals surface area contributed by atoms with Crippen molar-refractivity contribution < 1.29 is 56.3 Å². The number of rotatable bonds is 15. The van der Waals surface area contributed by atoms with E-state index < -0.39 is 67.6 Å². The molecule has 5 rings (SSSR count). The molecule has 0 aromatic heterocycles. The number of ether oxygens (including phenoxy) is 3. The van der Waals surface area contributed by atoms with E-state index in [4.69, 9.17) is 35.6 Å². The summed E-state index contributed by atoms with van der Waals surface area (Å²) in [5.41, 5.74) is -1.29. The molecule has 0 unspecified atom stereocenters. The number of unbranched alkanes of at least 4 members (excludes halogenated alkanes) is 1. The number of esters is 1. The number of hydrogen-bond donors (Lipinski definition) is 4. The number of fused-ring (bicyclic) bond motifs is 3. The van der Waals surface area contributed by atoms with Crippen molar-refractivity contribution in [1.82, 2.24) is 10.6 Å². The largest absolute Gasteiger partial charge is 0.484 e. The summed E-state index contributed by atoms with van der Waals surface area (Å²) in [4.78, 5) is 56.4. The van der Waals surface area contributed by atoms with Crippen molar-refractivity contribution in [3.8, 4) is 11.5 Å². The Bertz CT molecular complexity index is 1480. The van der Waals surface area contributed by atoms with Gasteiger partial charge in [0.05, 0.1) is 17.2 Å². The van der Waals surface area contributed by atoms with Crippen LogP contribution in [0.5, 0.6) is 11.5 Å². The maximum absolute atomic E-state index is 13.9. The molecule has 0 spiro atoms. The molecule has 252 valence electrons. The van der Waals surface area contributed by atoms with Crippen LogP contribution in [-0.4, -0.2) is 64.6 Å². The molecule has 0 saturated heterocycles. The van der Waals surface area contributed by atoms with E-state index in [0.717, 1.165) is 6.07 Å². The standard InChI is InChI=1S/C30H36ClF2N2O10P/c1-19-5-6-20(14-23(19)32)43-18-27(37)35-30-11-9-29(10-12-30,34-26(36)17-42-21-7-8-22(31)24(33)15-21)16-25(30)45-28(38)4-2-3-13-44-46(39,40)41/h5-8,14-15,25H,2-4,9-13,16-18H2,1H3,(H,34,36)(H,35,37)(H2,39,40,41)/t25-,29?,30?/m0/s1. The average molecular weight is 689 g/mol. The second kappa shape index (κ2) is 15.1. The van der Waals surface area contributed by atoms with Crippen molar-refractivity contribution in [2.75, 3.05) is 19.8 Å². The molecule has 12 nitrogen and oxygen atoms in total. The quantitative estimate of drug-likeness (QED) is 0.120. The van der Waals surface area contributed by atoms with Gasteiger partial charge in [-0.1, -0.05) is 17.7 Å². The van der Waals surface area contributed by atoms with Gasteiger partial charge in [-0.15, -0.1) is 0 Å². The molecule has 2 amide bonds. The molecule has 16 heteroatoms. The third-order valence-corrected chi connectivity index (χ3v) is 8.99. The van der Waals surface area contributed by atoms with E-state index in [2.05, 4.69) is 15.2 Å². The molecule has 46 heavy (non-hydrogen) atoms. The molecule has 3 aliphatic carbocycles. The summed E-state index contributed by atoms with van der Waals surface area (Å²) in [6, 6.07) is 8.07. The summed E-state index contributed by atoms with van der Waals surface area (Å²) < 4.78 is 59.7. The second-order valence-electron chi connectivity index (χ2n) is 11.6. The van der Waals surface area contributed by atoms with Crippen molar-refractivity contribution in [3.63, 3.8) is 0 Å². The molecule has 2 bridgehead atoms. The molecule has 2 aromatic rings. The van der Waals surface area contributed by atoms with E-state index in [9.17, 15) is 27.7 Å². The van der Waals surface area contributed by atoms with Gasteiger partial charge in [0.15, 0.2) is 13.2 Å². The first-order valence-electron chi connectivity index (χ1n) is 14.7. The highest BCUT2D eigenvalue weighted by Gasteiger charge is 2.57. The van der Waals surface area contributed by atoms with Crippen molar-refractivity contribution in [2.45, 2.75) is 75.5 Å². The monoisotopic (exact) mass is 688 g/mol. The second-order valence-corrected chi connectivity index (χ2v) is 13.2. The Morgan fingerprint density at radius 2 is 1.54 bits per heavy atom. The van der Waals surface area contributed by atoms with Crippen LogP contribution in [0.25, 0.3) is 0 Å². The number of halogens is 3. The Balaban J connectivity index is 1.39. The molecule has 3 fully saturated rings. The summed E-state index contributed by atoms with van der Waals surface area (Å²) in [6.07, 6.45) is 1.33. The smallest absolute Gasteiger partial charge is 0.469 e. The number of nitrogens with one attached hydrogen (secondary N) is 2. The maximum atomic E-state index is 13.9. The van der Waals surface area contributed by atoms with Gasteiger partial charge in [-0.2, -0.15) is 0 Å². The summed E-state index contributed by atoms with van der Waals surface area (Å²) in [5, 5.41) is 5.87. The highest BCUT2D eigenvalue weighted by Crippen LogP contribution is 2.48. The number of phosphoric ester groups is 1. The van der Waals surface area contributed by atoms with Gasteiger partial charge in [0.2, 0.25) is 0 Å². The van der Waals surface area contributed by atoms with E-state index in [-0.39, 0.29) is 48.8 Å². The van der Waals surface area contributed by atoms with Crippen molar-refractivity contribution in [3.05, 3.63) is 58.6 Å². The zero-order chi connectivity index (χ0) is 33.5. The van der Waals surface area contributed by atoms with Gasteiger partial charge in [0.1, 0.15) is 29.2 Å². The number of aryl methyl sites for hydroxylation is 1. The summed E-state index contributed by atoms with van der Waals surface area (Å²) in [5.74, 6) is -2.42. The van der Waals surface area contributed by atoms with Crippen molar-refractivity contribution in [1.29, 1.82) is 0 Å². The molecular weight excluding hydrogens is 653 g/mol. The van der Waals surface area contributed by atoms with E-state index in [1.807, 2.05) is 0 Å². The minimum atomic E-state index is -4.62. The van der Waals surface area contributed by atoms with Gasteiger partial charge in [0, 0.05) is 30.5 Å². The topological polar surface area (TPSA) is 170 Å². The van der Waals surface area contributed by atoms with Gasteiger partial charge in [0.25, 0.3) is 11.8 Å². The number of carbonyl (C=O) groups excluding carboxylic acids is 3. The van der Waals surface area contributed by atoms with Crippen LogP contribution in [0.4, 0.5) is 8.78 Å². The molecular formula is C30H36ClF2N2O10P. The Labute approximate surface area is 269 Å². The third-order valence-electron chi connectivity index (χ3n) is 8.17. The molecule has 3 saturated carbocycles. The van der Waals surface area contributed by atoms with Gasteiger partial charge in [-0.3, -0.25) is 18.9 Å². The van der Waals surface area contributed by atoms with Gasteiger partial charge in [-0.05, 0) is 69.2 Å². The van der Waals surface area contributed by atoms with Crippen LogP contribution < -0.4 is 20.1 Å². The zero-order valence-corrected chi connectivity index (χ0v) is 26.7. The lowest BCUT2D eigenvalue weighted by Gasteiger charge is -2.57. The fraction of sp³-hybridized carbons (Fsp3) is 0.500. The van der Waals surface area contributed by atoms with Gasteiger partial charge < -0.3 is 34.6 Å². The first-order valence-corrected chi connectivity index (χ1v) is 16.6. The van der Waals surface area contributed by atoms with E-state index >= 15 is 0 Å². The van der Waals surface area contributed by atoms with Crippen LogP contribution in [0.15, 0.2) is 36.4 Å². The number of hydrogen-bond acceptors (Lipinski definition) is 8. The van der Waals surface area contributed by atoms with Crippen molar-refractivity contribution in [2.24, 2.45) is 0 Å². The average Bonchev–Trinajstić information content (AvgIpc) is 2.98. The van der Waals surface area contributed by atoms with Gasteiger partial charge >= 0.3 is 13.8 Å². The Kier molecular flexibility index (Phi) is 11.7. The third kappa shape index (κ3) is 9.85. The highest BCUT2D eigenvalue weighted by molar-refractivity contribution is 7.46. The van der Waals surface area contributed by atoms with Gasteiger partial charge in [-0.25, -0.2) is 13.3 Å². The molecule has 0 aliphatic heterocycles. The SMILES string of the molecule is Cc1ccc(OCC(=O)NC23CCC(NC(=O)COc4ccc(Cl)c(F)c4)(CC2)C[C@@H]3OC(=O)CCCCOP(=O)(O)O)cc1F. The highest BCUT2D eigenvalue weighted by atomic mass is 35.5. The Morgan fingerprint density at radius 3 is 2.15 bits per heavy atom. The first-order chi connectivity index (χ1) is 21.7. The van der Waals surface area contributed by atoms with E-state index in [0.29, 0.717) is 31.2 Å². The summed E-state index contributed by atoms with van der Waals surface area (Å²) in [7, 11) is -4.62. The summed E-state index contributed by atoms with van der Waals surface area (Å²) >= 11 is 5.69. The lowest BCUT2D eigenvalue weighted by molar-refractivity contribution is -0.167.